The van der Waals surface area contributed by atoms with E-state index in [1.807, 2.05) is 0 Å². The predicted octanol–water partition coefficient (Wildman–Crippen LogP) is 8.64. The Morgan fingerprint density at radius 3 is 2.10 bits per heavy atom. The maximum atomic E-state index is 6.09. The van der Waals surface area contributed by atoms with Crippen LogP contribution in [0.4, 0.5) is 0 Å². The van der Waals surface area contributed by atoms with Gasteiger partial charge in [-0.05, 0) is 73.4 Å². The molecule has 1 aromatic carbocycles. The summed E-state index contributed by atoms with van der Waals surface area (Å²) in [5.74, 6) is 2.66. The SMILES string of the molecule is CCCCCCCCCc1ccc(-c2ccc(OC[C@H]3CC[C@H](CC)CC3)cc2)nc1. The minimum atomic E-state index is 0.730. The summed E-state index contributed by atoms with van der Waals surface area (Å²) in [4.78, 5) is 4.71. The number of ether oxygens (including phenoxy) is 1. The summed E-state index contributed by atoms with van der Waals surface area (Å²) in [5, 5.41) is 0. The van der Waals surface area contributed by atoms with Crippen LogP contribution in [0.15, 0.2) is 42.6 Å². The molecule has 0 amide bonds. The second-order valence-corrected chi connectivity index (χ2v) is 9.55. The summed E-state index contributed by atoms with van der Waals surface area (Å²) in [6.07, 6.45) is 19.5. The predicted molar refractivity (Wildman–Crippen MR) is 133 cm³/mol. The molecule has 0 atom stereocenters. The smallest absolute Gasteiger partial charge is 0.119 e. The first-order valence-corrected chi connectivity index (χ1v) is 13.0. The van der Waals surface area contributed by atoms with E-state index < -0.39 is 0 Å². The topological polar surface area (TPSA) is 22.1 Å². The first kappa shape index (κ1) is 23.8. The number of rotatable bonds is 13. The van der Waals surface area contributed by atoms with Crippen molar-refractivity contribution >= 4 is 0 Å². The number of nitrogens with zero attached hydrogens (tertiary/aromatic N) is 1. The molecule has 1 aliphatic rings. The van der Waals surface area contributed by atoms with Gasteiger partial charge < -0.3 is 4.74 Å². The van der Waals surface area contributed by atoms with Crippen LogP contribution in [-0.2, 0) is 6.42 Å². The molecule has 1 aliphatic carbocycles. The minimum Gasteiger partial charge on any atom is -0.493 e. The Hall–Kier alpha value is -1.83. The summed E-state index contributed by atoms with van der Waals surface area (Å²) >= 11 is 0. The molecule has 2 aromatic rings. The molecule has 2 heteroatoms. The molecule has 2 nitrogen and oxygen atoms in total. The highest BCUT2D eigenvalue weighted by Crippen LogP contribution is 2.31. The Morgan fingerprint density at radius 1 is 0.774 bits per heavy atom. The molecule has 0 unspecified atom stereocenters. The molecule has 1 aromatic heterocycles. The fourth-order valence-corrected chi connectivity index (χ4v) is 4.77. The second-order valence-electron chi connectivity index (χ2n) is 9.55. The molecular weight excluding hydrogens is 378 g/mol. The third-order valence-corrected chi connectivity index (χ3v) is 7.07. The van der Waals surface area contributed by atoms with E-state index >= 15 is 0 Å². The number of aryl methyl sites for hydroxylation is 1. The van der Waals surface area contributed by atoms with Crippen LogP contribution in [0.1, 0.15) is 96.5 Å². The lowest BCUT2D eigenvalue weighted by molar-refractivity contribution is 0.181. The van der Waals surface area contributed by atoms with Gasteiger partial charge in [0, 0.05) is 11.8 Å². The van der Waals surface area contributed by atoms with Gasteiger partial charge in [-0.1, -0.05) is 77.7 Å². The zero-order valence-corrected chi connectivity index (χ0v) is 20.0. The average molecular weight is 422 g/mol. The number of hydrogen-bond acceptors (Lipinski definition) is 2. The Labute approximate surface area is 190 Å². The third-order valence-electron chi connectivity index (χ3n) is 7.07. The molecular formula is C29H43NO. The lowest BCUT2D eigenvalue weighted by atomic mass is 9.81. The number of benzene rings is 1. The van der Waals surface area contributed by atoms with Crippen molar-refractivity contribution in [1.29, 1.82) is 0 Å². The minimum absolute atomic E-state index is 0.730. The van der Waals surface area contributed by atoms with E-state index in [4.69, 9.17) is 9.72 Å². The largest absolute Gasteiger partial charge is 0.493 e. The van der Waals surface area contributed by atoms with E-state index in [1.54, 1.807) is 0 Å². The Kier molecular flexibility index (Phi) is 10.4. The molecule has 0 N–H and O–H groups in total. The highest BCUT2D eigenvalue weighted by molar-refractivity contribution is 5.60. The molecule has 0 saturated heterocycles. The van der Waals surface area contributed by atoms with Gasteiger partial charge in [-0.25, -0.2) is 0 Å². The molecule has 0 aliphatic heterocycles. The average Bonchev–Trinajstić information content (AvgIpc) is 2.83. The molecule has 1 heterocycles. The highest BCUT2D eigenvalue weighted by Gasteiger charge is 2.20. The second kappa shape index (κ2) is 13.6. The summed E-state index contributed by atoms with van der Waals surface area (Å²) in [6.45, 7) is 5.46. The van der Waals surface area contributed by atoms with Gasteiger partial charge in [-0.3, -0.25) is 4.98 Å². The van der Waals surface area contributed by atoms with Crippen LogP contribution in [0.25, 0.3) is 11.3 Å². The maximum Gasteiger partial charge on any atom is 0.119 e. The van der Waals surface area contributed by atoms with Gasteiger partial charge in [0.25, 0.3) is 0 Å². The lowest BCUT2D eigenvalue weighted by Crippen LogP contribution is -2.19. The van der Waals surface area contributed by atoms with Gasteiger partial charge in [-0.2, -0.15) is 0 Å². The molecule has 170 valence electrons. The Bertz CT molecular complexity index is 713. The monoisotopic (exact) mass is 421 g/mol. The fraction of sp³-hybridized carbons (Fsp3) is 0.621. The van der Waals surface area contributed by atoms with E-state index in [1.165, 1.54) is 88.2 Å². The summed E-state index contributed by atoms with van der Waals surface area (Å²) in [5.41, 5.74) is 3.57. The van der Waals surface area contributed by atoms with Crippen molar-refractivity contribution in [3.05, 3.63) is 48.2 Å². The van der Waals surface area contributed by atoms with Gasteiger partial charge in [0.1, 0.15) is 5.75 Å². The van der Waals surface area contributed by atoms with Crippen LogP contribution in [0.5, 0.6) is 5.75 Å². The van der Waals surface area contributed by atoms with Crippen molar-refractivity contribution < 1.29 is 4.74 Å². The molecule has 0 radical (unpaired) electrons. The Balaban J connectivity index is 1.38. The van der Waals surface area contributed by atoms with E-state index in [0.717, 1.165) is 36.3 Å². The zero-order chi connectivity index (χ0) is 21.7. The van der Waals surface area contributed by atoms with Crippen molar-refractivity contribution in [1.82, 2.24) is 4.98 Å². The van der Waals surface area contributed by atoms with Crippen LogP contribution >= 0.6 is 0 Å². The molecule has 31 heavy (non-hydrogen) atoms. The van der Waals surface area contributed by atoms with Crippen LogP contribution < -0.4 is 4.74 Å². The molecule has 1 fully saturated rings. The van der Waals surface area contributed by atoms with E-state index in [-0.39, 0.29) is 0 Å². The van der Waals surface area contributed by atoms with Gasteiger partial charge in [0.05, 0.1) is 12.3 Å². The lowest BCUT2D eigenvalue weighted by Gasteiger charge is -2.27. The van der Waals surface area contributed by atoms with Crippen LogP contribution in [0.2, 0.25) is 0 Å². The third kappa shape index (κ3) is 8.31. The van der Waals surface area contributed by atoms with Crippen molar-refractivity contribution in [2.45, 2.75) is 97.3 Å². The number of unbranched alkanes of at least 4 members (excludes halogenated alkanes) is 6. The van der Waals surface area contributed by atoms with Crippen molar-refractivity contribution in [3.8, 4) is 17.0 Å². The highest BCUT2D eigenvalue weighted by atomic mass is 16.5. The number of hydrogen-bond donors (Lipinski definition) is 0. The standard InChI is InChI=1S/C29H43NO/c1-3-5-6-7-8-9-10-11-25-16-21-29(30-22-25)27-17-19-28(20-18-27)31-23-26-14-12-24(4-2)13-15-26/h16-22,24,26H,3-15,23H2,1-2H3/t24-,26-. The Morgan fingerprint density at radius 2 is 1.45 bits per heavy atom. The molecule has 1 saturated carbocycles. The quantitative estimate of drug-likeness (QED) is 0.302. The first-order valence-electron chi connectivity index (χ1n) is 13.0. The van der Waals surface area contributed by atoms with Crippen LogP contribution in [0.3, 0.4) is 0 Å². The maximum absolute atomic E-state index is 6.09. The van der Waals surface area contributed by atoms with Crippen LogP contribution in [-0.4, -0.2) is 11.6 Å². The normalized spacial score (nSPS) is 18.8. The van der Waals surface area contributed by atoms with E-state index in [9.17, 15) is 0 Å². The van der Waals surface area contributed by atoms with E-state index in [0.29, 0.717) is 0 Å². The summed E-state index contributed by atoms with van der Waals surface area (Å²) < 4.78 is 6.09. The molecule has 0 spiro atoms. The molecule has 3 rings (SSSR count). The number of pyridine rings is 1. The van der Waals surface area contributed by atoms with Crippen molar-refractivity contribution in [2.75, 3.05) is 6.61 Å². The van der Waals surface area contributed by atoms with E-state index in [2.05, 4.69) is 56.4 Å². The summed E-state index contributed by atoms with van der Waals surface area (Å²) in [6, 6.07) is 12.9. The summed E-state index contributed by atoms with van der Waals surface area (Å²) in [7, 11) is 0. The fourth-order valence-electron chi connectivity index (χ4n) is 4.77. The van der Waals surface area contributed by atoms with Crippen molar-refractivity contribution in [2.24, 2.45) is 11.8 Å². The zero-order valence-electron chi connectivity index (χ0n) is 20.0. The van der Waals surface area contributed by atoms with Gasteiger partial charge in [-0.15, -0.1) is 0 Å². The number of aromatic nitrogens is 1. The van der Waals surface area contributed by atoms with Gasteiger partial charge in [0.15, 0.2) is 0 Å². The molecule has 0 bridgehead atoms. The van der Waals surface area contributed by atoms with Gasteiger partial charge >= 0.3 is 0 Å². The van der Waals surface area contributed by atoms with Gasteiger partial charge in [0.2, 0.25) is 0 Å². The first-order chi connectivity index (χ1) is 15.3. The van der Waals surface area contributed by atoms with Crippen LogP contribution in [0, 0.1) is 11.8 Å². The van der Waals surface area contributed by atoms with Crippen molar-refractivity contribution in [3.63, 3.8) is 0 Å².